The normalized spacial score (nSPS) is 17.8. The lowest BCUT2D eigenvalue weighted by Crippen LogP contribution is -2.43. The summed E-state index contributed by atoms with van der Waals surface area (Å²) in [5.74, 6) is -1.21. The lowest BCUT2D eigenvalue weighted by Gasteiger charge is -2.33. The molecule has 0 saturated carbocycles. The minimum Gasteiger partial charge on any atom is -0.449 e. The van der Waals surface area contributed by atoms with E-state index in [1.165, 1.54) is 6.92 Å². The van der Waals surface area contributed by atoms with Crippen molar-refractivity contribution in [2.45, 2.75) is 31.9 Å². The first-order valence-corrected chi connectivity index (χ1v) is 9.70. The molecule has 2 heterocycles. The number of esters is 1. The number of hydrogen-bond donors (Lipinski definition) is 2. The van der Waals surface area contributed by atoms with Gasteiger partial charge in [-0.15, -0.1) is 0 Å². The number of amides is 2. The molecule has 0 aliphatic carbocycles. The fourth-order valence-electron chi connectivity index (χ4n) is 3.71. The molecular weight excluding hydrogens is 384 g/mol. The molecule has 8 nitrogen and oxygen atoms in total. The van der Waals surface area contributed by atoms with Crippen LogP contribution >= 0.6 is 0 Å². The second-order valence-corrected chi connectivity index (χ2v) is 7.30. The minimum atomic E-state index is -1.03. The number of nitrogens with one attached hydrogen (secondary N) is 2. The van der Waals surface area contributed by atoms with Crippen LogP contribution in [0.1, 0.15) is 35.7 Å². The Kier molecular flexibility index (Phi) is 5.11. The van der Waals surface area contributed by atoms with Gasteiger partial charge >= 0.3 is 5.97 Å². The molecule has 2 aliphatic heterocycles. The summed E-state index contributed by atoms with van der Waals surface area (Å²) in [5, 5.41) is 14.3. The van der Waals surface area contributed by atoms with Gasteiger partial charge < -0.3 is 20.3 Å². The highest BCUT2D eigenvalue weighted by atomic mass is 16.5. The van der Waals surface area contributed by atoms with Crippen LogP contribution in [-0.2, 0) is 14.3 Å². The Morgan fingerprint density at radius 3 is 2.77 bits per heavy atom. The number of benzene rings is 2. The van der Waals surface area contributed by atoms with Gasteiger partial charge in [0.25, 0.3) is 5.91 Å². The molecule has 2 aromatic rings. The van der Waals surface area contributed by atoms with Gasteiger partial charge in [0.2, 0.25) is 5.91 Å². The number of rotatable bonds is 4. The lowest BCUT2D eigenvalue weighted by atomic mass is 10.1. The Balaban J connectivity index is 1.42. The minimum absolute atomic E-state index is 0.0688. The van der Waals surface area contributed by atoms with Crippen molar-refractivity contribution in [3.05, 3.63) is 53.6 Å². The van der Waals surface area contributed by atoms with Crippen LogP contribution in [0.3, 0.4) is 0 Å². The molecule has 30 heavy (non-hydrogen) atoms. The predicted molar refractivity (Wildman–Crippen MR) is 110 cm³/mol. The highest BCUT2D eigenvalue weighted by Gasteiger charge is 2.36. The molecule has 2 atom stereocenters. The number of nitrogens with zero attached hydrogens (tertiary/aromatic N) is 2. The van der Waals surface area contributed by atoms with E-state index in [1.54, 1.807) is 42.5 Å². The summed E-state index contributed by atoms with van der Waals surface area (Å²) >= 11 is 0. The number of anilines is 3. The van der Waals surface area contributed by atoms with Crippen LogP contribution in [0.2, 0.25) is 0 Å². The molecule has 0 aromatic heterocycles. The van der Waals surface area contributed by atoms with Crippen molar-refractivity contribution < 1.29 is 19.1 Å². The van der Waals surface area contributed by atoms with E-state index >= 15 is 0 Å². The van der Waals surface area contributed by atoms with Crippen LogP contribution in [0.5, 0.6) is 0 Å². The smallest absolute Gasteiger partial charge is 0.338 e. The molecule has 0 bridgehead atoms. The molecule has 2 amide bonds. The van der Waals surface area contributed by atoms with Crippen LogP contribution < -0.4 is 15.5 Å². The van der Waals surface area contributed by atoms with Gasteiger partial charge in [-0.25, -0.2) is 4.79 Å². The number of fused-ring (bicyclic) bond motifs is 3. The Hall–Kier alpha value is -3.86. The van der Waals surface area contributed by atoms with Crippen LogP contribution in [0.4, 0.5) is 17.1 Å². The third-order valence-corrected chi connectivity index (χ3v) is 5.29. The second kappa shape index (κ2) is 7.87. The molecule has 8 heteroatoms. The fraction of sp³-hybridized carbons (Fsp3) is 0.273. The molecule has 2 aliphatic rings. The van der Waals surface area contributed by atoms with E-state index in [-0.39, 0.29) is 17.5 Å². The molecule has 2 aromatic carbocycles. The summed E-state index contributed by atoms with van der Waals surface area (Å²) in [7, 11) is 0. The van der Waals surface area contributed by atoms with Crippen molar-refractivity contribution in [1.29, 1.82) is 5.26 Å². The number of hydrogen-bond acceptors (Lipinski definition) is 6. The third kappa shape index (κ3) is 3.70. The van der Waals surface area contributed by atoms with E-state index < -0.39 is 18.0 Å². The van der Waals surface area contributed by atoms with Gasteiger partial charge in [0.15, 0.2) is 6.10 Å². The fourth-order valence-corrected chi connectivity index (χ4v) is 3.71. The topological polar surface area (TPSA) is 112 Å². The van der Waals surface area contributed by atoms with Crippen LogP contribution in [0, 0.1) is 11.3 Å². The number of nitriles is 1. The summed E-state index contributed by atoms with van der Waals surface area (Å²) in [6.07, 6.45) is 0.746. The van der Waals surface area contributed by atoms with Crippen molar-refractivity contribution in [1.82, 2.24) is 0 Å². The average molecular weight is 404 g/mol. The third-order valence-electron chi connectivity index (χ3n) is 5.29. The van der Waals surface area contributed by atoms with Gasteiger partial charge in [-0.3, -0.25) is 9.59 Å². The lowest BCUT2D eigenvalue weighted by molar-refractivity contribution is -0.123. The Labute approximate surface area is 173 Å². The number of carbonyl (C=O) groups excluding carboxylic acids is 3. The van der Waals surface area contributed by atoms with Crippen molar-refractivity contribution in [3.63, 3.8) is 0 Å². The van der Waals surface area contributed by atoms with Crippen LogP contribution in [0.25, 0.3) is 0 Å². The number of ether oxygens (including phenoxy) is 1. The maximum atomic E-state index is 12.5. The molecule has 1 saturated heterocycles. The van der Waals surface area contributed by atoms with Gasteiger partial charge in [-0.2, -0.15) is 5.26 Å². The van der Waals surface area contributed by atoms with E-state index in [9.17, 15) is 14.4 Å². The van der Waals surface area contributed by atoms with E-state index in [1.807, 2.05) is 6.07 Å². The van der Waals surface area contributed by atoms with Gasteiger partial charge in [-0.05, 0) is 62.2 Å². The largest absolute Gasteiger partial charge is 0.449 e. The van der Waals surface area contributed by atoms with E-state index in [0.717, 1.165) is 25.1 Å². The van der Waals surface area contributed by atoms with E-state index in [4.69, 9.17) is 10.00 Å². The Morgan fingerprint density at radius 2 is 2.03 bits per heavy atom. The molecule has 4 rings (SSSR count). The first-order chi connectivity index (χ1) is 14.5. The molecule has 2 N–H and O–H groups in total. The van der Waals surface area contributed by atoms with Gasteiger partial charge in [0.05, 0.1) is 28.6 Å². The highest BCUT2D eigenvalue weighted by molar-refractivity contribution is 6.05. The molecule has 1 fully saturated rings. The quantitative estimate of drug-likeness (QED) is 0.758. The maximum absolute atomic E-state index is 12.5. The zero-order valence-electron chi connectivity index (χ0n) is 16.3. The summed E-state index contributed by atoms with van der Waals surface area (Å²) in [5.41, 5.74) is 2.69. The van der Waals surface area contributed by atoms with Gasteiger partial charge in [0, 0.05) is 12.2 Å². The first kappa shape index (κ1) is 19.5. The predicted octanol–water partition coefficient (Wildman–Crippen LogP) is 2.66. The van der Waals surface area contributed by atoms with E-state index in [0.29, 0.717) is 16.9 Å². The molecule has 0 spiro atoms. The van der Waals surface area contributed by atoms with Gasteiger partial charge in [0.1, 0.15) is 6.04 Å². The molecule has 152 valence electrons. The zero-order chi connectivity index (χ0) is 21.3. The second-order valence-electron chi connectivity index (χ2n) is 7.30. The Bertz CT molecular complexity index is 1060. The Morgan fingerprint density at radius 1 is 1.27 bits per heavy atom. The van der Waals surface area contributed by atoms with Gasteiger partial charge in [-0.1, -0.05) is 0 Å². The van der Waals surface area contributed by atoms with Crippen molar-refractivity contribution in [2.75, 3.05) is 22.1 Å². The zero-order valence-corrected chi connectivity index (χ0v) is 16.3. The summed E-state index contributed by atoms with van der Waals surface area (Å²) in [4.78, 5) is 39.2. The van der Waals surface area contributed by atoms with Crippen molar-refractivity contribution >= 4 is 34.8 Å². The SMILES string of the molecule is C[C@H](OC(=O)c1ccc2c(c1)NC(=O)[C@H]1CCCN21)C(=O)Nc1ccc(C#N)cc1. The standard InChI is InChI=1S/C22H20N4O4/c1-13(20(27)24-16-7-4-14(12-23)5-8-16)30-22(29)15-6-9-18-17(11-15)25-21(28)19-3-2-10-26(18)19/h4-9,11,13,19H,2-3,10H2,1H3,(H,24,27)(H,25,28)/t13-,19+/m0/s1. The average Bonchev–Trinajstić information content (AvgIpc) is 3.24. The highest BCUT2D eigenvalue weighted by Crippen LogP contribution is 2.37. The molecular formula is C22H20N4O4. The van der Waals surface area contributed by atoms with Crippen LogP contribution in [0.15, 0.2) is 42.5 Å². The monoisotopic (exact) mass is 404 g/mol. The number of carbonyl (C=O) groups is 3. The first-order valence-electron chi connectivity index (χ1n) is 9.70. The summed E-state index contributed by atoms with van der Waals surface area (Å²) < 4.78 is 5.29. The maximum Gasteiger partial charge on any atom is 0.338 e. The summed E-state index contributed by atoms with van der Waals surface area (Å²) in [6, 6.07) is 13.2. The van der Waals surface area contributed by atoms with Crippen molar-refractivity contribution in [2.24, 2.45) is 0 Å². The van der Waals surface area contributed by atoms with Crippen molar-refractivity contribution in [3.8, 4) is 6.07 Å². The summed E-state index contributed by atoms with van der Waals surface area (Å²) in [6.45, 7) is 2.29. The van der Waals surface area contributed by atoms with Crippen LogP contribution in [-0.4, -0.2) is 36.5 Å². The molecule has 0 radical (unpaired) electrons. The molecule has 0 unspecified atom stereocenters. The van der Waals surface area contributed by atoms with E-state index in [2.05, 4.69) is 15.5 Å².